The van der Waals surface area contributed by atoms with E-state index in [0.29, 0.717) is 6.54 Å². The predicted molar refractivity (Wildman–Crippen MR) is 92.5 cm³/mol. The maximum absolute atomic E-state index is 11.7. The first kappa shape index (κ1) is 21.4. The summed E-state index contributed by atoms with van der Waals surface area (Å²) in [7, 11) is 1.90. The molecule has 7 nitrogen and oxygen atoms in total. The van der Waals surface area contributed by atoms with Crippen LogP contribution < -0.4 is 16.4 Å². The highest BCUT2D eigenvalue weighted by Crippen LogP contribution is 2.11. The molecule has 1 aromatic heterocycles. The Balaban J connectivity index is 0.00000484. The van der Waals surface area contributed by atoms with Crippen LogP contribution in [0.2, 0.25) is 0 Å². The SMILES string of the molecule is Cc1nn(C)c(C)c1CCNC(=O)CNC(=O)[C@@H](N)C(C)C.Cl. The van der Waals surface area contributed by atoms with Gasteiger partial charge in [-0.25, -0.2) is 0 Å². The van der Waals surface area contributed by atoms with E-state index >= 15 is 0 Å². The van der Waals surface area contributed by atoms with Crippen LogP contribution in [0.25, 0.3) is 0 Å². The average Bonchev–Trinajstić information content (AvgIpc) is 2.69. The Labute approximate surface area is 143 Å². The third-order valence-corrected chi connectivity index (χ3v) is 3.80. The third kappa shape index (κ3) is 6.19. The lowest BCUT2D eigenvalue weighted by atomic mass is 10.1. The normalized spacial score (nSPS) is 11.8. The lowest BCUT2D eigenvalue weighted by molar-refractivity contribution is -0.127. The van der Waals surface area contributed by atoms with Crippen molar-refractivity contribution >= 4 is 24.2 Å². The van der Waals surface area contributed by atoms with Crippen molar-refractivity contribution < 1.29 is 9.59 Å². The molecule has 0 bridgehead atoms. The number of hydrogen-bond donors (Lipinski definition) is 3. The molecular formula is C15H28ClN5O2. The van der Waals surface area contributed by atoms with Gasteiger partial charge in [-0.05, 0) is 31.7 Å². The topological polar surface area (TPSA) is 102 Å². The summed E-state index contributed by atoms with van der Waals surface area (Å²) in [5, 5.41) is 9.67. The smallest absolute Gasteiger partial charge is 0.239 e. The van der Waals surface area contributed by atoms with Gasteiger partial charge >= 0.3 is 0 Å². The molecule has 4 N–H and O–H groups in total. The van der Waals surface area contributed by atoms with Gasteiger partial charge in [0.05, 0.1) is 18.3 Å². The summed E-state index contributed by atoms with van der Waals surface area (Å²) in [5.41, 5.74) is 8.93. The Hall–Kier alpha value is -1.60. The van der Waals surface area contributed by atoms with Crippen LogP contribution in [0.3, 0.4) is 0 Å². The van der Waals surface area contributed by atoms with E-state index in [1.165, 1.54) is 0 Å². The van der Waals surface area contributed by atoms with Crippen molar-refractivity contribution in [2.75, 3.05) is 13.1 Å². The lowest BCUT2D eigenvalue weighted by Gasteiger charge is -2.15. The van der Waals surface area contributed by atoms with E-state index in [-0.39, 0.29) is 36.7 Å². The number of carbonyl (C=O) groups excluding carboxylic acids is 2. The molecule has 0 aliphatic carbocycles. The molecule has 8 heteroatoms. The van der Waals surface area contributed by atoms with Gasteiger partial charge in [0.25, 0.3) is 0 Å². The number of nitrogens with zero attached hydrogens (tertiary/aromatic N) is 2. The summed E-state index contributed by atoms with van der Waals surface area (Å²) in [4.78, 5) is 23.4. The molecule has 0 unspecified atom stereocenters. The van der Waals surface area contributed by atoms with Crippen molar-refractivity contribution in [3.8, 4) is 0 Å². The molecular weight excluding hydrogens is 318 g/mol. The van der Waals surface area contributed by atoms with Crippen LogP contribution in [0.4, 0.5) is 0 Å². The minimum Gasteiger partial charge on any atom is -0.354 e. The van der Waals surface area contributed by atoms with Crippen molar-refractivity contribution in [1.82, 2.24) is 20.4 Å². The van der Waals surface area contributed by atoms with Crippen molar-refractivity contribution in [2.24, 2.45) is 18.7 Å². The highest BCUT2D eigenvalue weighted by molar-refractivity contribution is 5.87. The number of nitrogens with one attached hydrogen (secondary N) is 2. The van der Waals surface area contributed by atoms with Crippen LogP contribution in [0.5, 0.6) is 0 Å². The van der Waals surface area contributed by atoms with E-state index in [1.54, 1.807) is 0 Å². The van der Waals surface area contributed by atoms with Gasteiger partial charge in [-0.3, -0.25) is 14.3 Å². The molecule has 0 saturated heterocycles. The van der Waals surface area contributed by atoms with Gasteiger partial charge < -0.3 is 16.4 Å². The lowest BCUT2D eigenvalue weighted by Crippen LogP contribution is -2.47. The van der Waals surface area contributed by atoms with Gasteiger partial charge in [0.1, 0.15) is 0 Å². The Kier molecular flexibility index (Phi) is 8.86. The summed E-state index contributed by atoms with van der Waals surface area (Å²) >= 11 is 0. The summed E-state index contributed by atoms with van der Waals surface area (Å²) in [6.45, 7) is 8.15. The fourth-order valence-corrected chi connectivity index (χ4v) is 2.16. The minimum atomic E-state index is -0.589. The van der Waals surface area contributed by atoms with E-state index in [4.69, 9.17) is 5.73 Å². The molecule has 0 fully saturated rings. The first-order chi connectivity index (χ1) is 10.2. The van der Waals surface area contributed by atoms with Crippen molar-refractivity contribution in [1.29, 1.82) is 0 Å². The number of nitrogens with two attached hydrogens (primary N) is 1. The van der Waals surface area contributed by atoms with Crippen LogP contribution in [0, 0.1) is 19.8 Å². The van der Waals surface area contributed by atoms with Crippen molar-refractivity contribution in [2.45, 2.75) is 40.2 Å². The molecule has 132 valence electrons. The fraction of sp³-hybridized carbons (Fsp3) is 0.667. The van der Waals surface area contributed by atoms with E-state index in [2.05, 4.69) is 15.7 Å². The predicted octanol–water partition coefficient (Wildman–Crippen LogP) is 0.217. The molecule has 1 aromatic rings. The second-order valence-corrected chi connectivity index (χ2v) is 5.86. The van der Waals surface area contributed by atoms with Gasteiger partial charge in [0, 0.05) is 19.3 Å². The molecule has 0 saturated carbocycles. The standard InChI is InChI=1S/C15H27N5O2.ClH/c1-9(2)14(16)15(22)18-8-13(21)17-7-6-12-10(3)19-20(5)11(12)4;/h9,14H,6-8,16H2,1-5H3,(H,17,21)(H,18,22);1H/t14-;/m0./s1. The van der Waals surface area contributed by atoms with Gasteiger partial charge in [0.2, 0.25) is 11.8 Å². The van der Waals surface area contributed by atoms with Crippen LogP contribution >= 0.6 is 12.4 Å². The second-order valence-electron chi connectivity index (χ2n) is 5.86. The van der Waals surface area contributed by atoms with Gasteiger partial charge in [-0.15, -0.1) is 12.4 Å². The molecule has 0 spiro atoms. The van der Waals surface area contributed by atoms with Gasteiger partial charge in [-0.1, -0.05) is 13.8 Å². The number of halogens is 1. The van der Waals surface area contributed by atoms with Crippen molar-refractivity contribution in [3.63, 3.8) is 0 Å². The van der Waals surface area contributed by atoms with E-state index in [9.17, 15) is 9.59 Å². The summed E-state index contributed by atoms with van der Waals surface area (Å²) < 4.78 is 1.83. The highest BCUT2D eigenvalue weighted by Gasteiger charge is 2.17. The van der Waals surface area contributed by atoms with E-state index < -0.39 is 6.04 Å². The monoisotopic (exact) mass is 345 g/mol. The number of aryl methyl sites for hydroxylation is 2. The van der Waals surface area contributed by atoms with Crippen LogP contribution in [0.15, 0.2) is 0 Å². The molecule has 1 rings (SSSR count). The minimum absolute atomic E-state index is 0. The summed E-state index contributed by atoms with van der Waals surface area (Å²) in [6, 6.07) is -0.589. The zero-order chi connectivity index (χ0) is 16.9. The third-order valence-electron chi connectivity index (χ3n) is 3.80. The fourth-order valence-electron chi connectivity index (χ4n) is 2.16. The first-order valence-electron chi connectivity index (χ1n) is 7.53. The Bertz CT molecular complexity index is 542. The Morgan fingerprint density at radius 2 is 1.87 bits per heavy atom. The summed E-state index contributed by atoms with van der Waals surface area (Å²) in [5.74, 6) is -0.479. The molecule has 1 heterocycles. The molecule has 0 aliphatic rings. The van der Waals surface area contributed by atoms with Crippen molar-refractivity contribution in [3.05, 3.63) is 17.0 Å². The zero-order valence-electron chi connectivity index (χ0n) is 14.5. The van der Waals surface area contributed by atoms with E-state index in [1.807, 2.05) is 39.4 Å². The number of hydrogen-bond acceptors (Lipinski definition) is 4. The number of aromatic nitrogens is 2. The van der Waals surface area contributed by atoms with Gasteiger partial charge in [0.15, 0.2) is 0 Å². The largest absolute Gasteiger partial charge is 0.354 e. The maximum Gasteiger partial charge on any atom is 0.239 e. The quantitative estimate of drug-likeness (QED) is 0.657. The molecule has 0 aromatic carbocycles. The summed E-state index contributed by atoms with van der Waals surface area (Å²) in [6.07, 6.45) is 0.719. The first-order valence-corrected chi connectivity index (χ1v) is 7.53. The molecule has 2 amide bonds. The zero-order valence-corrected chi connectivity index (χ0v) is 15.3. The molecule has 23 heavy (non-hydrogen) atoms. The second kappa shape index (κ2) is 9.52. The van der Waals surface area contributed by atoms with Crippen LogP contribution in [0.1, 0.15) is 30.8 Å². The van der Waals surface area contributed by atoms with Crippen LogP contribution in [-0.4, -0.2) is 40.7 Å². The number of rotatable bonds is 7. The molecule has 1 atom stereocenters. The molecule has 0 aliphatic heterocycles. The highest BCUT2D eigenvalue weighted by atomic mass is 35.5. The average molecular weight is 346 g/mol. The van der Waals surface area contributed by atoms with E-state index in [0.717, 1.165) is 23.4 Å². The number of carbonyl (C=O) groups is 2. The van der Waals surface area contributed by atoms with Crippen LogP contribution in [-0.2, 0) is 23.1 Å². The molecule has 0 radical (unpaired) electrons. The van der Waals surface area contributed by atoms with Gasteiger partial charge in [-0.2, -0.15) is 5.10 Å². The Morgan fingerprint density at radius 1 is 1.26 bits per heavy atom. The Morgan fingerprint density at radius 3 is 2.35 bits per heavy atom. The maximum atomic E-state index is 11.7. The number of amides is 2.